The molecular formula is C16H16F2O2. The molecule has 0 heterocycles. The van der Waals surface area contributed by atoms with Crippen molar-refractivity contribution >= 4 is 0 Å². The number of aliphatic hydroxyl groups is 2. The van der Waals surface area contributed by atoms with Gasteiger partial charge < -0.3 is 10.2 Å². The topological polar surface area (TPSA) is 40.5 Å². The van der Waals surface area contributed by atoms with Crippen LogP contribution in [0.5, 0.6) is 0 Å². The van der Waals surface area contributed by atoms with E-state index in [0.717, 1.165) is 6.07 Å². The van der Waals surface area contributed by atoms with Crippen LogP contribution < -0.4 is 0 Å². The fourth-order valence-electron chi connectivity index (χ4n) is 2.27. The summed E-state index contributed by atoms with van der Waals surface area (Å²) in [7, 11) is 0. The zero-order valence-corrected chi connectivity index (χ0v) is 10.9. The fraction of sp³-hybridized carbons (Fsp3) is 0.250. The van der Waals surface area contributed by atoms with Crippen LogP contribution in [0.15, 0.2) is 48.5 Å². The first kappa shape index (κ1) is 14.6. The minimum Gasteiger partial charge on any atom is -0.395 e. The summed E-state index contributed by atoms with van der Waals surface area (Å²) in [4.78, 5) is 0. The summed E-state index contributed by atoms with van der Waals surface area (Å²) in [6, 6.07) is 12.3. The van der Waals surface area contributed by atoms with Crippen LogP contribution in [0, 0.1) is 11.6 Å². The van der Waals surface area contributed by atoms with Crippen LogP contribution in [0.2, 0.25) is 0 Å². The van der Waals surface area contributed by atoms with Crippen molar-refractivity contribution in [1.82, 2.24) is 0 Å². The Balaban J connectivity index is 2.39. The highest BCUT2D eigenvalue weighted by atomic mass is 19.1. The molecule has 0 bridgehead atoms. The van der Waals surface area contributed by atoms with Crippen LogP contribution in [0.25, 0.3) is 0 Å². The van der Waals surface area contributed by atoms with Gasteiger partial charge in [0, 0.05) is 11.5 Å². The third kappa shape index (κ3) is 2.86. The third-order valence-electron chi connectivity index (χ3n) is 3.54. The monoisotopic (exact) mass is 278 g/mol. The van der Waals surface area contributed by atoms with Crippen LogP contribution in [0.3, 0.4) is 0 Å². The molecule has 0 fully saturated rings. The van der Waals surface area contributed by atoms with Gasteiger partial charge in [0.15, 0.2) is 0 Å². The van der Waals surface area contributed by atoms with Gasteiger partial charge in [-0.25, -0.2) is 8.78 Å². The molecule has 0 aliphatic carbocycles. The molecule has 4 heteroatoms. The number of hydrogen-bond acceptors (Lipinski definition) is 2. The smallest absolute Gasteiger partial charge is 0.129 e. The molecule has 0 atom stereocenters. The number of benzene rings is 2. The summed E-state index contributed by atoms with van der Waals surface area (Å²) in [5.41, 5.74) is -0.00741. The Morgan fingerprint density at radius 1 is 0.900 bits per heavy atom. The second kappa shape index (κ2) is 6.11. The number of aliphatic hydroxyl groups excluding tert-OH is 2. The Hall–Kier alpha value is -1.78. The van der Waals surface area contributed by atoms with Crippen molar-refractivity contribution in [2.45, 2.75) is 11.8 Å². The van der Waals surface area contributed by atoms with Crippen LogP contribution >= 0.6 is 0 Å². The van der Waals surface area contributed by atoms with E-state index in [1.54, 1.807) is 24.3 Å². The van der Waals surface area contributed by atoms with Crippen LogP contribution in [-0.2, 0) is 11.8 Å². The molecule has 2 rings (SSSR count). The summed E-state index contributed by atoms with van der Waals surface area (Å²) in [6.07, 6.45) is 0.0934. The zero-order chi connectivity index (χ0) is 14.6. The maximum atomic E-state index is 13.8. The van der Waals surface area contributed by atoms with Crippen LogP contribution in [0.4, 0.5) is 8.78 Å². The van der Waals surface area contributed by atoms with Gasteiger partial charge in [-0.05, 0) is 23.6 Å². The van der Waals surface area contributed by atoms with Crippen molar-refractivity contribution in [3.05, 3.63) is 71.3 Å². The first-order chi connectivity index (χ1) is 9.61. The average Bonchev–Trinajstić information content (AvgIpc) is 2.48. The van der Waals surface area contributed by atoms with Crippen molar-refractivity contribution in [1.29, 1.82) is 0 Å². The van der Waals surface area contributed by atoms with E-state index in [2.05, 4.69) is 0 Å². The second-order valence-electron chi connectivity index (χ2n) is 4.88. The van der Waals surface area contributed by atoms with Crippen LogP contribution in [0.1, 0.15) is 11.1 Å². The summed E-state index contributed by atoms with van der Waals surface area (Å²) < 4.78 is 26.7. The quantitative estimate of drug-likeness (QED) is 0.882. The highest BCUT2D eigenvalue weighted by Gasteiger charge is 2.32. The van der Waals surface area contributed by atoms with Crippen molar-refractivity contribution in [3.8, 4) is 0 Å². The third-order valence-corrected chi connectivity index (χ3v) is 3.54. The molecule has 2 N–H and O–H groups in total. The lowest BCUT2D eigenvalue weighted by atomic mass is 9.77. The van der Waals surface area contributed by atoms with Gasteiger partial charge in [0.1, 0.15) is 11.6 Å². The fourth-order valence-corrected chi connectivity index (χ4v) is 2.27. The minimum absolute atomic E-state index is 0.0934. The lowest BCUT2D eigenvalue weighted by molar-refractivity contribution is 0.115. The summed E-state index contributed by atoms with van der Waals surface area (Å²) in [5.74, 6) is -1.32. The van der Waals surface area contributed by atoms with Crippen LogP contribution in [-0.4, -0.2) is 23.4 Å². The predicted molar refractivity (Wildman–Crippen MR) is 72.4 cm³/mol. The molecule has 106 valence electrons. The second-order valence-corrected chi connectivity index (χ2v) is 4.88. The van der Waals surface area contributed by atoms with Gasteiger partial charge in [-0.15, -0.1) is 0 Å². The molecule has 0 aromatic heterocycles. The van der Waals surface area contributed by atoms with E-state index in [4.69, 9.17) is 0 Å². The van der Waals surface area contributed by atoms with Gasteiger partial charge in [-0.3, -0.25) is 0 Å². The molecule has 20 heavy (non-hydrogen) atoms. The minimum atomic E-state index is -0.986. The molecule has 0 saturated carbocycles. The molecule has 0 aliphatic rings. The number of rotatable bonds is 5. The lowest BCUT2D eigenvalue weighted by Crippen LogP contribution is -2.37. The van der Waals surface area contributed by atoms with Crippen molar-refractivity contribution in [3.63, 3.8) is 0 Å². The lowest BCUT2D eigenvalue weighted by Gasteiger charge is -2.30. The molecular weight excluding hydrogens is 262 g/mol. The standard InChI is InChI=1S/C16H16F2O2/c17-14-7-6-12(15(18)8-14)9-16(10-19,11-20)13-4-2-1-3-5-13/h1-8,19-20H,9-11H2. The highest BCUT2D eigenvalue weighted by molar-refractivity contribution is 5.30. The molecule has 2 aromatic rings. The molecule has 0 unspecified atom stereocenters. The first-order valence-corrected chi connectivity index (χ1v) is 6.32. The van der Waals surface area contributed by atoms with Crippen molar-refractivity contribution in [2.24, 2.45) is 0 Å². The van der Waals surface area contributed by atoms with E-state index in [1.807, 2.05) is 6.07 Å². The molecule has 2 aromatic carbocycles. The first-order valence-electron chi connectivity index (χ1n) is 6.32. The molecule has 0 radical (unpaired) electrons. The van der Waals surface area contributed by atoms with Gasteiger partial charge in [-0.1, -0.05) is 36.4 Å². The normalized spacial score (nSPS) is 11.6. The Labute approximate surface area is 116 Å². The summed E-state index contributed by atoms with van der Waals surface area (Å²) >= 11 is 0. The highest BCUT2D eigenvalue weighted by Crippen LogP contribution is 2.29. The largest absolute Gasteiger partial charge is 0.395 e. The van der Waals surface area contributed by atoms with Gasteiger partial charge >= 0.3 is 0 Å². The number of halogens is 2. The molecule has 0 spiro atoms. The van der Waals surface area contributed by atoms with E-state index >= 15 is 0 Å². The van der Waals surface area contributed by atoms with E-state index < -0.39 is 17.0 Å². The van der Waals surface area contributed by atoms with E-state index in [0.29, 0.717) is 5.56 Å². The van der Waals surface area contributed by atoms with Gasteiger partial charge in [0.05, 0.1) is 13.2 Å². The van der Waals surface area contributed by atoms with E-state index in [1.165, 1.54) is 12.1 Å². The maximum absolute atomic E-state index is 13.8. The van der Waals surface area contributed by atoms with Gasteiger partial charge in [0.25, 0.3) is 0 Å². The Bertz CT molecular complexity index is 566. The van der Waals surface area contributed by atoms with E-state index in [9.17, 15) is 19.0 Å². The Morgan fingerprint density at radius 3 is 2.10 bits per heavy atom. The van der Waals surface area contributed by atoms with Crippen molar-refractivity contribution in [2.75, 3.05) is 13.2 Å². The SMILES string of the molecule is OCC(CO)(Cc1ccc(F)cc1F)c1ccccc1. The van der Waals surface area contributed by atoms with E-state index in [-0.39, 0.29) is 25.2 Å². The molecule has 0 amide bonds. The van der Waals surface area contributed by atoms with Crippen molar-refractivity contribution < 1.29 is 19.0 Å². The van der Waals surface area contributed by atoms with Gasteiger partial charge in [0.2, 0.25) is 0 Å². The maximum Gasteiger partial charge on any atom is 0.129 e. The Morgan fingerprint density at radius 2 is 1.55 bits per heavy atom. The number of hydrogen-bond donors (Lipinski definition) is 2. The zero-order valence-electron chi connectivity index (χ0n) is 10.9. The molecule has 2 nitrogen and oxygen atoms in total. The summed E-state index contributed by atoms with van der Waals surface area (Å²) in [5, 5.41) is 19.4. The Kier molecular flexibility index (Phi) is 4.47. The average molecular weight is 278 g/mol. The predicted octanol–water partition coefficient (Wildman–Crippen LogP) is 2.43. The molecule has 0 saturated heterocycles. The van der Waals surface area contributed by atoms with Gasteiger partial charge in [-0.2, -0.15) is 0 Å². The summed E-state index contributed by atoms with van der Waals surface area (Å²) in [6.45, 7) is -0.658. The molecule has 0 aliphatic heterocycles.